The normalized spacial score (nSPS) is 11.3. The predicted molar refractivity (Wildman–Crippen MR) is 70.1 cm³/mol. The Balaban J connectivity index is 2.11. The average Bonchev–Trinajstić information content (AvgIpc) is 2.83. The number of carbonyl (C=O) groups is 1. The molecule has 2 rings (SSSR count). The van der Waals surface area contributed by atoms with Gasteiger partial charge in [0.2, 0.25) is 0 Å². The number of anilines is 1. The molecule has 4 N–H and O–H groups in total. The summed E-state index contributed by atoms with van der Waals surface area (Å²) in [5.74, 6) is 0.203. The van der Waals surface area contributed by atoms with Gasteiger partial charge < -0.3 is 16.3 Å². The summed E-state index contributed by atoms with van der Waals surface area (Å²) in [7, 11) is 1.77. The van der Waals surface area contributed by atoms with Crippen molar-refractivity contribution in [2.24, 2.45) is 17.9 Å². The fourth-order valence-corrected chi connectivity index (χ4v) is 1.52. The van der Waals surface area contributed by atoms with Gasteiger partial charge in [-0.15, -0.1) is 0 Å². The molecule has 7 nitrogen and oxygen atoms in total. The van der Waals surface area contributed by atoms with Crippen LogP contribution < -0.4 is 11.1 Å². The van der Waals surface area contributed by atoms with Gasteiger partial charge in [-0.25, -0.2) is 0 Å². The molecule has 0 atom stereocenters. The highest BCUT2D eigenvalue weighted by molar-refractivity contribution is 6.04. The fraction of sp³-hybridized carbons (Fsp3) is 0.0833. The first kappa shape index (κ1) is 12.6. The van der Waals surface area contributed by atoms with Crippen LogP contribution >= 0.6 is 0 Å². The number of aryl methyl sites for hydroxylation is 1. The minimum Gasteiger partial charge on any atom is -0.409 e. The number of nitrogens with two attached hydrogens (primary N) is 1. The van der Waals surface area contributed by atoms with E-state index in [2.05, 4.69) is 15.6 Å². The van der Waals surface area contributed by atoms with E-state index >= 15 is 0 Å². The predicted octanol–water partition coefficient (Wildman–Crippen LogP) is 0.767. The summed E-state index contributed by atoms with van der Waals surface area (Å²) in [6, 6.07) is 8.07. The van der Waals surface area contributed by atoms with Gasteiger partial charge in [-0.05, 0) is 12.1 Å². The van der Waals surface area contributed by atoms with Crippen LogP contribution in [0.2, 0.25) is 0 Å². The standard InChI is InChI=1S/C12H13N5O2/c1-17-7-6-10(15-17)14-12(18)9-4-2-8(3-5-9)11(13)16-19/h2-7,19H,1H3,(H2,13,16)(H,14,15,18). The van der Waals surface area contributed by atoms with Crippen molar-refractivity contribution in [3.05, 3.63) is 47.7 Å². The SMILES string of the molecule is Cn1ccc(NC(=O)c2ccc(/C(N)=N/O)cc2)n1. The van der Waals surface area contributed by atoms with E-state index in [9.17, 15) is 4.79 Å². The van der Waals surface area contributed by atoms with Gasteiger partial charge >= 0.3 is 0 Å². The van der Waals surface area contributed by atoms with Gasteiger partial charge in [0.25, 0.3) is 5.91 Å². The highest BCUT2D eigenvalue weighted by atomic mass is 16.4. The zero-order valence-corrected chi connectivity index (χ0v) is 10.2. The molecular formula is C12H13N5O2. The van der Waals surface area contributed by atoms with Crippen molar-refractivity contribution >= 4 is 17.6 Å². The molecule has 0 aliphatic heterocycles. The molecule has 0 saturated carbocycles. The largest absolute Gasteiger partial charge is 0.409 e. The second-order valence-corrected chi connectivity index (χ2v) is 3.89. The van der Waals surface area contributed by atoms with Gasteiger partial charge in [0, 0.05) is 30.4 Å². The van der Waals surface area contributed by atoms with Crippen molar-refractivity contribution in [1.82, 2.24) is 9.78 Å². The number of oxime groups is 1. The average molecular weight is 259 g/mol. The highest BCUT2D eigenvalue weighted by Gasteiger charge is 2.08. The number of nitrogens with zero attached hydrogens (tertiary/aromatic N) is 3. The Bertz CT molecular complexity index is 615. The van der Waals surface area contributed by atoms with Gasteiger partial charge in [0.15, 0.2) is 11.7 Å². The van der Waals surface area contributed by atoms with Crippen LogP contribution in [-0.2, 0) is 7.05 Å². The van der Waals surface area contributed by atoms with Crippen LogP contribution in [-0.4, -0.2) is 26.7 Å². The highest BCUT2D eigenvalue weighted by Crippen LogP contribution is 2.08. The van der Waals surface area contributed by atoms with Gasteiger partial charge in [0.05, 0.1) is 0 Å². The molecule has 0 aliphatic rings. The molecule has 0 radical (unpaired) electrons. The molecule has 0 aliphatic carbocycles. The number of hydrogen-bond donors (Lipinski definition) is 3. The van der Waals surface area contributed by atoms with Crippen molar-refractivity contribution < 1.29 is 10.0 Å². The lowest BCUT2D eigenvalue weighted by Gasteiger charge is -2.03. The third kappa shape index (κ3) is 2.89. The number of amidine groups is 1. The maximum Gasteiger partial charge on any atom is 0.256 e. The molecule has 1 heterocycles. The minimum absolute atomic E-state index is 0.00307. The number of amides is 1. The summed E-state index contributed by atoms with van der Waals surface area (Å²) in [6.07, 6.45) is 1.73. The number of aromatic nitrogens is 2. The van der Waals surface area contributed by atoms with Crippen LogP contribution in [0.5, 0.6) is 0 Å². The first-order valence-electron chi connectivity index (χ1n) is 5.49. The Morgan fingerprint density at radius 3 is 2.47 bits per heavy atom. The number of benzene rings is 1. The summed E-state index contributed by atoms with van der Waals surface area (Å²) >= 11 is 0. The van der Waals surface area contributed by atoms with Gasteiger partial charge in [-0.3, -0.25) is 9.48 Å². The summed E-state index contributed by atoms with van der Waals surface area (Å²) < 4.78 is 1.59. The van der Waals surface area contributed by atoms with Crippen LogP contribution in [0.3, 0.4) is 0 Å². The molecule has 0 fully saturated rings. The number of carbonyl (C=O) groups excluding carboxylic acids is 1. The third-order valence-electron chi connectivity index (χ3n) is 2.51. The Kier molecular flexibility index (Phi) is 3.46. The fourth-order valence-electron chi connectivity index (χ4n) is 1.52. The van der Waals surface area contributed by atoms with E-state index < -0.39 is 0 Å². The van der Waals surface area contributed by atoms with Crippen molar-refractivity contribution in [1.29, 1.82) is 0 Å². The van der Waals surface area contributed by atoms with E-state index in [4.69, 9.17) is 10.9 Å². The van der Waals surface area contributed by atoms with Gasteiger partial charge in [-0.1, -0.05) is 17.3 Å². The topological polar surface area (TPSA) is 106 Å². The van der Waals surface area contributed by atoms with Crippen LogP contribution in [0.25, 0.3) is 0 Å². The Hall–Kier alpha value is -2.83. The molecule has 1 aromatic heterocycles. The molecule has 19 heavy (non-hydrogen) atoms. The lowest BCUT2D eigenvalue weighted by Crippen LogP contribution is -2.15. The van der Waals surface area contributed by atoms with E-state index in [1.165, 1.54) is 0 Å². The second kappa shape index (κ2) is 5.21. The van der Waals surface area contributed by atoms with Crippen LogP contribution in [0.15, 0.2) is 41.7 Å². The smallest absolute Gasteiger partial charge is 0.256 e. The molecular weight excluding hydrogens is 246 g/mol. The van der Waals surface area contributed by atoms with E-state index in [1.54, 1.807) is 48.3 Å². The Labute approximate surface area is 109 Å². The molecule has 0 spiro atoms. The van der Waals surface area contributed by atoms with E-state index in [1.807, 2.05) is 0 Å². The molecule has 7 heteroatoms. The van der Waals surface area contributed by atoms with Crippen LogP contribution in [0.1, 0.15) is 15.9 Å². The van der Waals surface area contributed by atoms with E-state index in [0.29, 0.717) is 16.9 Å². The number of hydrogen-bond acceptors (Lipinski definition) is 4. The maximum absolute atomic E-state index is 11.9. The number of rotatable bonds is 3. The summed E-state index contributed by atoms with van der Waals surface area (Å²) in [4.78, 5) is 11.9. The van der Waals surface area contributed by atoms with Crippen molar-refractivity contribution in [3.63, 3.8) is 0 Å². The molecule has 1 amide bonds. The van der Waals surface area contributed by atoms with E-state index in [0.717, 1.165) is 0 Å². The molecule has 2 aromatic rings. The molecule has 0 unspecified atom stereocenters. The zero-order chi connectivity index (χ0) is 13.8. The Morgan fingerprint density at radius 1 is 1.32 bits per heavy atom. The van der Waals surface area contributed by atoms with E-state index in [-0.39, 0.29) is 11.7 Å². The van der Waals surface area contributed by atoms with Gasteiger partial charge in [0.1, 0.15) is 0 Å². The molecule has 0 bridgehead atoms. The van der Waals surface area contributed by atoms with Crippen LogP contribution in [0, 0.1) is 0 Å². The first-order chi connectivity index (χ1) is 9.10. The monoisotopic (exact) mass is 259 g/mol. The van der Waals surface area contributed by atoms with Crippen molar-refractivity contribution in [3.8, 4) is 0 Å². The second-order valence-electron chi connectivity index (χ2n) is 3.89. The number of nitrogens with one attached hydrogen (secondary N) is 1. The molecule has 0 saturated heterocycles. The minimum atomic E-state index is -0.273. The van der Waals surface area contributed by atoms with Crippen molar-refractivity contribution in [2.75, 3.05) is 5.32 Å². The summed E-state index contributed by atoms with van der Waals surface area (Å²) in [5.41, 5.74) is 6.43. The summed E-state index contributed by atoms with van der Waals surface area (Å²) in [5, 5.41) is 18.1. The Morgan fingerprint density at radius 2 is 1.95 bits per heavy atom. The first-order valence-corrected chi connectivity index (χ1v) is 5.49. The molecule has 1 aromatic carbocycles. The zero-order valence-electron chi connectivity index (χ0n) is 10.2. The lowest BCUT2D eigenvalue weighted by atomic mass is 10.1. The quantitative estimate of drug-likeness (QED) is 0.327. The lowest BCUT2D eigenvalue weighted by molar-refractivity contribution is 0.102. The van der Waals surface area contributed by atoms with Crippen LogP contribution in [0.4, 0.5) is 5.82 Å². The van der Waals surface area contributed by atoms with Gasteiger partial charge in [-0.2, -0.15) is 5.10 Å². The molecule has 98 valence electrons. The van der Waals surface area contributed by atoms with Crippen molar-refractivity contribution in [2.45, 2.75) is 0 Å². The summed E-state index contributed by atoms with van der Waals surface area (Å²) in [6.45, 7) is 0. The maximum atomic E-state index is 11.9. The third-order valence-corrected chi connectivity index (χ3v) is 2.51.